The normalized spacial score (nSPS) is 19.2. The average molecular weight is 522 g/mol. The number of carboxylic acid groups (broad SMARTS) is 1. The van der Waals surface area contributed by atoms with E-state index in [0.717, 1.165) is 50.4 Å². The zero-order valence-corrected chi connectivity index (χ0v) is 20.1. The van der Waals surface area contributed by atoms with E-state index in [1.165, 1.54) is 17.0 Å². The van der Waals surface area contributed by atoms with E-state index in [9.17, 15) is 23.2 Å². The first kappa shape index (κ1) is 25.8. The zero-order chi connectivity index (χ0) is 25.8. The number of likely N-dealkylation sites (tertiary alicyclic amines) is 1. The fraction of sp³-hybridized carbons (Fsp3) is 0.440. The molecule has 1 aliphatic heterocycles. The molecule has 2 amide bonds. The second kappa shape index (κ2) is 11.2. The number of pyridine rings is 1. The van der Waals surface area contributed by atoms with Gasteiger partial charge in [-0.3, -0.25) is 9.59 Å². The Morgan fingerprint density at radius 2 is 1.94 bits per heavy atom. The van der Waals surface area contributed by atoms with E-state index in [-0.39, 0.29) is 41.2 Å². The van der Waals surface area contributed by atoms with Gasteiger partial charge in [-0.05, 0) is 36.6 Å². The fourth-order valence-corrected chi connectivity index (χ4v) is 4.93. The molecule has 2 fully saturated rings. The molecule has 0 spiro atoms. The van der Waals surface area contributed by atoms with E-state index in [2.05, 4.69) is 10.3 Å². The Hall–Kier alpha value is -3.27. The number of ether oxygens (including phenoxy) is 1. The lowest BCUT2D eigenvalue weighted by Gasteiger charge is -2.31. The molecule has 1 aliphatic carbocycles. The van der Waals surface area contributed by atoms with Crippen molar-refractivity contribution in [3.05, 3.63) is 52.7 Å². The van der Waals surface area contributed by atoms with Gasteiger partial charge in [-0.25, -0.2) is 18.6 Å². The number of nitrogens with one attached hydrogen (secondary N) is 1. The summed E-state index contributed by atoms with van der Waals surface area (Å²) in [6.07, 6.45) is 5.65. The number of halogens is 3. The maximum atomic E-state index is 14.3. The summed E-state index contributed by atoms with van der Waals surface area (Å²) in [5.74, 6) is -4.22. The Morgan fingerprint density at radius 1 is 1.19 bits per heavy atom. The van der Waals surface area contributed by atoms with Crippen LogP contribution in [0, 0.1) is 17.6 Å². The van der Waals surface area contributed by atoms with Crippen LogP contribution in [-0.4, -0.2) is 51.5 Å². The Bertz CT molecular complexity index is 1140. The number of carboxylic acids is 1. The van der Waals surface area contributed by atoms with Crippen LogP contribution in [0.4, 0.5) is 14.6 Å². The van der Waals surface area contributed by atoms with Crippen LogP contribution in [0.15, 0.2) is 30.5 Å². The van der Waals surface area contributed by atoms with Gasteiger partial charge in [0.25, 0.3) is 0 Å². The lowest BCUT2D eigenvalue weighted by atomic mass is 9.84. The molecule has 0 radical (unpaired) electrons. The summed E-state index contributed by atoms with van der Waals surface area (Å²) in [6.45, 7) is -0.0274. The van der Waals surface area contributed by atoms with Gasteiger partial charge in [0.05, 0.1) is 23.6 Å². The van der Waals surface area contributed by atoms with Crippen molar-refractivity contribution in [3.8, 4) is 5.75 Å². The highest BCUT2D eigenvalue weighted by Crippen LogP contribution is 2.33. The largest absolute Gasteiger partial charge is 0.482 e. The second-order valence-electron chi connectivity index (χ2n) is 9.14. The first-order chi connectivity index (χ1) is 17.2. The molecule has 1 unspecified atom stereocenters. The van der Waals surface area contributed by atoms with E-state index in [1.54, 1.807) is 0 Å². The fourth-order valence-electron chi connectivity index (χ4n) is 4.78. The standard InChI is InChI=1S/C25H26ClF2N3O5/c26-17-7-8-18(27)23(22(17)28)36-16-11-21(32)31(13-16)19(10-14-4-2-1-3-5-14)24(33)30-20-9-6-15(12-29-20)25(34)35/h6-9,12,14,16,19H,1-5,10-11,13H2,(H,34,35)(H,29,30,33)/t16?,19-/m0/s1. The molecule has 2 atom stereocenters. The molecule has 2 aliphatic rings. The predicted octanol–water partition coefficient (Wildman–Crippen LogP) is 4.67. The quantitative estimate of drug-likeness (QED) is 0.489. The summed E-state index contributed by atoms with van der Waals surface area (Å²) in [5.41, 5.74) is -0.0260. The van der Waals surface area contributed by atoms with Crippen molar-refractivity contribution in [3.63, 3.8) is 0 Å². The highest BCUT2D eigenvalue weighted by Gasteiger charge is 2.40. The van der Waals surface area contributed by atoms with Crippen molar-refractivity contribution in [1.82, 2.24) is 9.88 Å². The second-order valence-corrected chi connectivity index (χ2v) is 9.55. The van der Waals surface area contributed by atoms with Crippen LogP contribution >= 0.6 is 11.6 Å². The minimum atomic E-state index is -1.14. The number of benzene rings is 1. The van der Waals surface area contributed by atoms with Gasteiger partial charge in [0, 0.05) is 6.20 Å². The molecule has 2 aromatic rings. The molecule has 1 saturated heterocycles. The number of hydrogen-bond donors (Lipinski definition) is 2. The van der Waals surface area contributed by atoms with Crippen LogP contribution in [0.3, 0.4) is 0 Å². The molecule has 1 aromatic heterocycles. The summed E-state index contributed by atoms with van der Waals surface area (Å²) in [7, 11) is 0. The molecule has 2 N–H and O–H groups in total. The first-order valence-electron chi connectivity index (χ1n) is 11.8. The van der Waals surface area contributed by atoms with Gasteiger partial charge in [0.15, 0.2) is 17.4 Å². The molecular weight excluding hydrogens is 496 g/mol. The molecule has 8 nitrogen and oxygen atoms in total. The first-order valence-corrected chi connectivity index (χ1v) is 12.2. The molecule has 1 aromatic carbocycles. The number of aromatic nitrogens is 1. The minimum absolute atomic E-state index is 0.0260. The Labute approximate surface area is 211 Å². The van der Waals surface area contributed by atoms with E-state index >= 15 is 0 Å². The summed E-state index contributed by atoms with van der Waals surface area (Å²) < 4.78 is 34.0. The van der Waals surface area contributed by atoms with Crippen molar-refractivity contribution in [1.29, 1.82) is 0 Å². The van der Waals surface area contributed by atoms with Crippen molar-refractivity contribution in [2.75, 3.05) is 11.9 Å². The van der Waals surface area contributed by atoms with E-state index < -0.39 is 41.4 Å². The van der Waals surface area contributed by atoms with Crippen LogP contribution in [0.1, 0.15) is 55.3 Å². The van der Waals surface area contributed by atoms with E-state index in [0.29, 0.717) is 6.42 Å². The Balaban J connectivity index is 1.51. The number of aromatic carboxylic acids is 1. The number of hydrogen-bond acceptors (Lipinski definition) is 5. The lowest BCUT2D eigenvalue weighted by molar-refractivity contribution is -0.136. The third-order valence-corrected chi connectivity index (χ3v) is 6.92. The number of anilines is 1. The van der Waals surface area contributed by atoms with E-state index in [4.69, 9.17) is 21.4 Å². The van der Waals surface area contributed by atoms with Gasteiger partial charge in [0.2, 0.25) is 11.8 Å². The Morgan fingerprint density at radius 3 is 2.61 bits per heavy atom. The molecule has 2 heterocycles. The smallest absolute Gasteiger partial charge is 0.337 e. The van der Waals surface area contributed by atoms with Crippen LogP contribution in [-0.2, 0) is 9.59 Å². The summed E-state index contributed by atoms with van der Waals surface area (Å²) in [4.78, 5) is 42.7. The van der Waals surface area contributed by atoms with Gasteiger partial charge in [-0.2, -0.15) is 0 Å². The number of carbonyl (C=O) groups is 3. The molecule has 1 saturated carbocycles. The molecule has 0 bridgehead atoms. The minimum Gasteiger partial charge on any atom is -0.482 e. The van der Waals surface area contributed by atoms with Crippen molar-refractivity contribution in [2.24, 2.45) is 5.92 Å². The van der Waals surface area contributed by atoms with Crippen molar-refractivity contribution < 1.29 is 33.0 Å². The third-order valence-electron chi connectivity index (χ3n) is 6.63. The highest BCUT2D eigenvalue weighted by atomic mass is 35.5. The summed E-state index contributed by atoms with van der Waals surface area (Å²) in [5, 5.41) is 11.4. The number of nitrogens with zero attached hydrogens (tertiary/aromatic N) is 2. The SMILES string of the molecule is O=C(O)c1ccc(NC(=O)[C@H](CC2CCCCC2)N2CC(Oc3c(F)ccc(Cl)c3F)CC2=O)nc1. The van der Waals surface area contributed by atoms with Gasteiger partial charge in [0.1, 0.15) is 18.0 Å². The van der Waals surface area contributed by atoms with Crippen LogP contribution in [0.25, 0.3) is 0 Å². The number of carbonyl (C=O) groups excluding carboxylic acids is 2. The van der Waals surface area contributed by atoms with Gasteiger partial charge in [-0.15, -0.1) is 0 Å². The summed E-state index contributed by atoms with van der Waals surface area (Å²) in [6, 6.07) is 3.91. The Kier molecular flexibility index (Phi) is 8.03. The van der Waals surface area contributed by atoms with Gasteiger partial charge in [-0.1, -0.05) is 43.7 Å². The monoisotopic (exact) mass is 521 g/mol. The zero-order valence-electron chi connectivity index (χ0n) is 19.4. The van der Waals surface area contributed by atoms with Crippen LogP contribution in [0.2, 0.25) is 5.02 Å². The maximum absolute atomic E-state index is 14.3. The lowest BCUT2D eigenvalue weighted by Crippen LogP contribution is -2.46. The third kappa shape index (κ3) is 5.92. The maximum Gasteiger partial charge on any atom is 0.337 e. The van der Waals surface area contributed by atoms with Crippen LogP contribution in [0.5, 0.6) is 5.75 Å². The highest BCUT2D eigenvalue weighted by molar-refractivity contribution is 6.30. The summed E-state index contributed by atoms with van der Waals surface area (Å²) >= 11 is 5.74. The molecular formula is C25H26ClF2N3O5. The van der Waals surface area contributed by atoms with Crippen molar-refractivity contribution in [2.45, 2.75) is 57.1 Å². The molecule has 192 valence electrons. The number of rotatable bonds is 8. The topological polar surface area (TPSA) is 109 Å². The van der Waals surface area contributed by atoms with Crippen LogP contribution < -0.4 is 10.1 Å². The predicted molar refractivity (Wildman–Crippen MR) is 127 cm³/mol. The van der Waals surface area contributed by atoms with Crippen molar-refractivity contribution >= 4 is 35.2 Å². The molecule has 11 heteroatoms. The average Bonchev–Trinajstić information content (AvgIpc) is 3.23. The molecule has 36 heavy (non-hydrogen) atoms. The molecule has 4 rings (SSSR count). The van der Waals surface area contributed by atoms with E-state index in [1.807, 2.05) is 0 Å². The van der Waals surface area contributed by atoms with Gasteiger partial charge < -0.3 is 20.1 Å². The number of amides is 2. The van der Waals surface area contributed by atoms with Gasteiger partial charge >= 0.3 is 5.97 Å².